The topological polar surface area (TPSA) is 35.5 Å². The number of fused-ring (bicyclic) bond motifs is 1. The van der Waals surface area contributed by atoms with Crippen molar-refractivity contribution in [3.05, 3.63) is 59.4 Å². The van der Waals surface area contributed by atoms with Gasteiger partial charge in [0.1, 0.15) is 25.3 Å². The number of hydrogen-bond donors (Lipinski definition) is 0. The molecule has 3 nitrogen and oxygen atoms in total. The van der Waals surface area contributed by atoms with Crippen molar-refractivity contribution in [1.82, 2.24) is 0 Å². The smallest absolute Gasteiger partial charge is 0.161 e. The number of ether oxygens (including phenoxy) is 2. The zero-order valence-corrected chi connectivity index (χ0v) is 11.4. The monoisotopic (exact) mass is 286 g/mol. The van der Waals surface area contributed by atoms with Crippen LogP contribution in [0.4, 0.5) is 4.39 Å². The third-order valence-electron chi connectivity index (χ3n) is 3.53. The summed E-state index contributed by atoms with van der Waals surface area (Å²) >= 11 is 0. The van der Waals surface area contributed by atoms with Crippen molar-refractivity contribution in [2.75, 3.05) is 13.2 Å². The van der Waals surface area contributed by atoms with E-state index in [1.807, 2.05) is 18.2 Å². The molecular formula is C17H15FO3. The van der Waals surface area contributed by atoms with Gasteiger partial charge < -0.3 is 14.3 Å². The minimum atomic E-state index is -0.506. The van der Waals surface area contributed by atoms with Crippen molar-refractivity contribution in [3.8, 4) is 11.5 Å². The van der Waals surface area contributed by atoms with Gasteiger partial charge in [-0.2, -0.15) is 0 Å². The van der Waals surface area contributed by atoms with Crippen LogP contribution in [0.1, 0.15) is 17.0 Å². The molecule has 2 aromatic carbocycles. The lowest BCUT2D eigenvalue weighted by Crippen LogP contribution is -2.15. The highest BCUT2D eigenvalue weighted by atomic mass is 19.1. The van der Waals surface area contributed by atoms with E-state index in [0.29, 0.717) is 36.7 Å². The number of halogens is 1. The summed E-state index contributed by atoms with van der Waals surface area (Å²) in [7, 11) is 0. The maximum absolute atomic E-state index is 13.8. The summed E-state index contributed by atoms with van der Waals surface area (Å²) in [5, 5.41) is 0. The third kappa shape index (κ3) is 2.89. The maximum atomic E-state index is 13.8. The van der Waals surface area contributed by atoms with E-state index >= 15 is 0 Å². The van der Waals surface area contributed by atoms with Crippen LogP contribution < -0.4 is 9.47 Å². The van der Waals surface area contributed by atoms with Gasteiger partial charge in [-0.3, -0.25) is 0 Å². The summed E-state index contributed by atoms with van der Waals surface area (Å²) in [4.78, 5) is 11.3. The molecule has 0 aliphatic carbocycles. The van der Waals surface area contributed by atoms with E-state index in [0.717, 1.165) is 11.8 Å². The van der Waals surface area contributed by atoms with E-state index in [2.05, 4.69) is 0 Å². The molecule has 1 aliphatic rings. The van der Waals surface area contributed by atoms with Crippen molar-refractivity contribution in [2.45, 2.75) is 12.3 Å². The van der Waals surface area contributed by atoms with E-state index in [1.165, 1.54) is 6.07 Å². The Morgan fingerprint density at radius 1 is 1.10 bits per heavy atom. The molecule has 0 bridgehead atoms. The molecule has 1 heterocycles. The first-order valence-corrected chi connectivity index (χ1v) is 6.86. The van der Waals surface area contributed by atoms with Gasteiger partial charge in [-0.25, -0.2) is 4.39 Å². The lowest BCUT2D eigenvalue weighted by atomic mass is 9.92. The number of carbonyl (C=O) groups is 1. The van der Waals surface area contributed by atoms with Crippen molar-refractivity contribution in [3.63, 3.8) is 0 Å². The second-order valence-corrected chi connectivity index (χ2v) is 4.95. The zero-order chi connectivity index (χ0) is 14.7. The second-order valence-electron chi connectivity index (χ2n) is 4.95. The number of carbonyl (C=O) groups excluding carboxylic acids is 1. The molecule has 0 aromatic heterocycles. The van der Waals surface area contributed by atoms with Crippen LogP contribution in [0, 0.1) is 5.82 Å². The van der Waals surface area contributed by atoms with Gasteiger partial charge in [0.25, 0.3) is 0 Å². The fourth-order valence-corrected chi connectivity index (χ4v) is 2.48. The number of aldehydes is 1. The van der Waals surface area contributed by atoms with Crippen LogP contribution in [-0.2, 0) is 11.2 Å². The van der Waals surface area contributed by atoms with Crippen LogP contribution in [0.5, 0.6) is 11.5 Å². The van der Waals surface area contributed by atoms with E-state index in [1.54, 1.807) is 18.2 Å². The minimum absolute atomic E-state index is 0.354. The highest BCUT2D eigenvalue weighted by Crippen LogP contribution is 2.32. The molecule has 0 radical (unpaired) electrons. The Balaban J connectivity index is 1.84. The van der Waals surface area contributed by atoms with Gasteiger partial charge in [0.15, 0.2) is 11.5 Å². The Morgan fingerprint density at radius 2 is 1.86 bits per heavy atom. The van der Waals surface area contributed by atoms with Gasteiger partial charge >= 0.3 is 0 Å². The Morgan fingerprint density at radius 3 is 2.62 bits per heavy atom. The molecule has 21 heavy (non-hydrogen) atoms. The normalized spacial score (nSPS) is 14.5. The summed E-state index contributed by atoms with van der Waals surface area (Å²) in [6.45, 7) is 1.05. The molecule has 1 aliphatic heterocycles. The van der Waals surface area contributed by atoms with Gasteiger partial charge in [-0.1, -0.05) is 24.3 Å². The molecule has 2 aromatic rings. The third-order valence-corrected chi connectivity index (χ3v) is 3.53. The van der Waals surface area contributed by atoms with Gasteiger partial charge in [0.05, 0.1) is 0 Å². The van der Waals surface area contributed by atoms with Crippen molar-refractivity contribution in [2.24, 2.45) is 0 Å². The molecule has 4 heteroatoms. The molecule has 108 valence electrons. The quantitative estimate of drug-likeness (QED) is 0.810. The molecule has 0 amide bonds. The number of hydrogen-bond acceptors (Lipinski definition) is 3. The SMILES string of the molecule is O=CC(Cc1ccc2c(c1)OCCO2)c1ccccc1F. The lowest BCUT2D eigenvalue weighted by Gasteiger charge is -2.19. The summed E-state index contributed by atoms with van der Waals surface area (Å²) in [6, 6.07) is 11.9. The van der Waals surface area contributed by atoms with E-state index < -0.39 is 5.92 Å². The average molecular weight is 286 g/mol. The molecule has 3 rings (SSSR count). The van der Waals surface area contributed by atoms with Gasteiger partial charge in [0.2, 0.25) is 0 Å². The fourth-order valence-electron chi connectivity index (χ4n) is 2.48. The predicted molar refractivity (Wildman–Crippen MR) is 76.3 cm³/mol. The highest BCUT2D eigenvalue weighted by Gasteiger charge is 2.17. The Hall–Kier alpha value is -2.36. The molecule has 0 N–H and O–H groups in total. The van der Waals surface area contributed by atoms with Gasteiger partial charge in [-0.15, -0.1) is 0 Å². The van der Waals surface area contributed by atoms with Crippen molar-refractivity contribution >= 4 is 6.29 Å². The first-order valence-electron chi connectivity index (χ1n) is 6.86. The molecule has 0 saturated carbocycles. The minimum Gasteiger partial charge on any atom is -0.486 e. The van der Waals surface area contributed by atoms with E-state index in [9.17, 15) is 9.18 Å². The summed E-state index contributed by atoms with van der Waals surface area (Å²) in [5.41, 5.74) is 1.34. The maximum Gasteiger partial charge on any atom is 0.161 e. The van der Waals surface area contributed by atoms with Crippen LogP contribution in [0.3, 0.4) is 0 Å². The summed E-state index contributed by atoms with van der Waals surface area (Å²) < 4.78 is 24.8. The molecule has 0 fully saturated rings. The molecule has 1 atom stereocenters. The molecule has 0 spiro atoms. The number of rotatable bonds is 4. The first kappa shape index (κ1) is 13.6. The summed E-state index contributed by atoms with van der Waals surface area (Å²) in [5.74, 6) is 0.524. The second kappa shape index (κ2) is 5.95. The number of benzene rings is 2. The zero-order valence-electron chi connectivity index (χ0n) is 11.4. The Bertz CT molecular complexity index is 654. The first-order chi connectivity index (χ1) is 10.3. The summed E-state index contributed by atoms with van der Waals surface area (Å²) in [6.07, 6.45) is 1.22. The molecule has 1 unspecified atom stereocenters. The van der Waals surface area contributed by atoms with Crippen molar-refractivity contribution < 1.29 is 18.7 Å². The van der Waals surface area contributed by atoms with Crippen LogP contribution in [0.2, 0.25) is 0 Å². The predicted octanol–water partition coefficient (Wildman–Crippen LogP) is 3.12. The van der Waals surface area contributed by atoms with Crippen LogP contribution in [-0.4, -0.2) is 19.5 Å². The van der Waals surface area contributed by atoms with Gasteiger partial charge in [0, 0.05) is 5.92 Å². The van der Waals surface area contributed by atoms with Crippen LogP contribution in [0.15, 0.2) is 42.5 Å². The fraction of sp³-hybridized carbons (Fsp3) is 0.235. The standard InChI is InChI=1S/C17H15FO3/c18-15-4-2-1-3-14(15)13(11-19)9-12-5-6-16-17(10-12)21-8-7-20-16/h1-6,10-11,13H,7-9H2. The average Bonchev–Trinajstić information content (AvgIpc) is 2.53. The van der Waals surface area contributed by atoms with Gasteiger partial charge in [-0.05, 0) is 35.7 Å². The van der Waals surface area contributed by atoms with Crippen molar-refractivity contribution in [1.29, 1.82) is 0 Å². The largest absolute Gasteiger partial charge is 0.486 e. The van der Waals surface area contributed by atoms with Crippen LogP contribution >= 0.6 is 0 Å². The highest BCUT2D eigenvalue weighted by molar-refractivity contribution is 5.63. The lowest BCUT2D eigenvalue weighted by molar-refractivity contribution is -0.109. The molecule has 0 saturated heterocycles. The molecular weight excluding hydrogens is 271 g/mol. The van der Waals surface area contributed by atoms with Crippen LogP contribution in [0.25, 0.3) is 0 Å². The van der Waals surface area contributed by atoms with E-state index in [-0.39, 0.29) is 5.82 Å². The Labute approximate surface area is 122 Å². The Kier molecular flexibility index (Phi) is 3.86. The van der Waals surface area contributed by atoms with E-state index in [4.69, 9.17) is 9.47 Å².